The summed E-state index contributed by atoms with van der Waals surface area (Å²) in [4.78, 5) is 11.6. The van der Waals surface area contributed by atoms with E-state index in [0.29, 0.717) is 106 Å². The number of rotatable bonds is 30. The number of aromatic nitrogens is 4. The first-order chi connectivity index (χ1) is 39.7. The van der Waals surface area contributed by atoms with Gasteiger partial charge in [0.05, 0.1) is 74.5 Å². The second-order valence-electron chi connectivity index (χ2n) is 21.9. The Morgan fingerprint density at radius 3 is 0.975 bits per heavy atom. The van der Waals surface area contributed by atoms with Gasteiger partial charge in [0.1, 0.15) is 33.6 Å². The van der Waals surface area contributed by atoms with Crippen molar-refractivity contribution in [2.45, 2.75) is 158 Å². The monoisotopic (exact) mass is 1110 g/mol. The van der Waals surface area contributed by atoms with Crippen molar-refractivity contribution in [1.82, 2.24) is 18.7 Å². The number of unbranched alkanes of at least 4 members (excludes halogenated alkanes) is 4. The van der Waals surface area contributed by atoms with Gasteiger partial charge in [0, 0.05) is 21.9 Å². The molecule has 4 unspecified atom stereocenters. The molecule has 0 saturated carbocycles. The van der Waals surface area contributed by atoms with Crippen molar-refractivity contribution in [1.29, 1.82) is 0 Å². The molecule has 0 saturated heterocycles. The number of methoxy groups -OCH3 is 2. The van der Waals surface area contributed by atoms with Gasteiger partial charge in [-0.2, -0.15) is 8.75 Å². The van der Waals surface area contributed by atoms with Crippen molar-refractivity contribution < 1.29 is 28.4 Å². The molecule has 10 nitrogen and oxygen atoms in total. The molecule has 11 heteroatoms. The minimum atomic E-state index is 0.397. The molecule has 8 rings (SSSR count). The third kappa shape index (κ3) is 15.0. The molecule has 6 aromatic carbocycles. The highest BCUT2D eigenvalue weighted by Gasteiger charge is 2.25. The van der Waals surface area contributed by atoms with E-state index in [1.165, 1.54) is 0 Å². The van der Waals surface area contributed by atoms with Gasteiger partial charge in [0.25, 0.3) is 0 Å². The Morgan fingerprint density at radius 2 is 0.691 bits per heavy atom. The fourth-order valence-corrected chi connectivity index (χ4v) is 11.1. The van der Waals surface area contributed by atoms with E-state index < -0.39 is 0 Å². The van der Waals surface area contributed by atoms with Gasteiger partial charge in [-0.25, -0.2) is 9.97 Å². The zero-order valence-corrected chi connectivity index (χ0v) is 50.8. The summed E-state index contributed by atoms with van der Waals surface area (Å²) < 4.78 is 48.9. The molecule has 4 atom stereocenters. The van der Waals surface area contributed by atoms with E-state index in [0.717, 1.165) is 170 Å². The largest absolute Gasteiger partial charge is 0.497 e. The van der Waals surface area contributed by atoms with E-state index >= 15 is 0 Å². The van der Waals surface area contributed by atoms with Crippen LogP contribution < -0.4 is 28.4 Å². The fraction of sp³-hybridized carbons (Fsp3) is 0.486. The van der Waals surface area contributed by atoms with Gasteiger partial charge < -0.3 is 28.4 Å². The zero-order chi connectivity index (χ0) is 57.1. The van der Waals surface area contributed by atoms with Gasteiger partial charge >= 0.3 is 0 Å². The highest BCUT2D eigenvalue weighted by molar-refractivity contribution is 7.00. The van der Waals surface area contributed by atoms with Crippen LogP contribution in [0, 0.1) is 47.4 Å². The van der Waals surface area contributed by atoms with Crippen LogP contribution in [-0.4, -0.2) is 59.4 Å². The van der Waals surface area contributed by atoms with Crippen molar-refractivity contribution in [3.8, 4) is 58.2 Å². The van der Waals surface area contributed by atoms with E-state index in [2.05, 4.69) is 103 Å². The lowest BCUT2D eigenvalue weighted by atomic mass is 9.96. The Balaban J connectivity index is 1.48. The second-order valence-corrected chi connectivity index (χ2v) is 22.4. The van der Waals surface area contributed by atoms with Crippen molar-refractivity contribution >= 4 is 66.4 Å². The van der Waals surface area contributed by atoms with Crippen LogP contribution in [0.2, 0.25) is 0 Å². The fourth-order valence-electron chi connectivity index (χ4n) is 10.6. The molecule has 0 N–H and O–H groups in total. The van der Waals surface area contributed by atoms with Crippen molar-refractivity contribution in [3.05, 3.63) is 95.1 Å². The standard InChI is InChI=1S/C70H86N4O6S/c1-11-19-23-47(15-5)43-77-61-39-57-58-40-62(78-44-48(16-6)24-20-12-2)64(80-46-50(18-8)26-22-14-4)42-60(58)68-67(59(57)41-63(61)79-45-49(17-7)25-21-13-3)71-65-55(37-31-51-27-33-53(75-9)34-28-51)69-70(74-81-73-69)56(66(65)72-68)38-32-52-29-35-54(76-10)36-30-52/h27-30,33-36,39-42,47-50H,11-26,43-46H2,1-10H3. The molecule has 0 bridgehead atoms. The third-order valence-electron chi connectivity index (χ3n) is 16.2. The molecular weight excluding hydrogens is 1020 g/mol. The van der Waals surface area contributed by atoms with Gasteiger partial charge in [-0.15, -0.1) is 0 Å². The maximum absolute atomic E-state index is 7.03. The second kappa shape index (κ2) is 30.3. The average Bonchev–Trinajstić information content (AvgIpc) is 2.99. The van der Waals surface area contributed by atoms with Gasteiger partial charge in [-0.3, -0.25) is 0 Å². The Kier molecular flexibility index (Phi) is 22.5. The van der Waals surface area contributed by atoms with Gasteiger partial charge in [0.2, 0.25) is 0 Å². The molecule has 0 aliphatic carbocycles. The minimum absolute atomic E-state index is 0.397. The lowest BCUT2D eigenvalue weighted by Crippen LogP contribution is -2.14. The Bertz CT molecular complexity index is 3240. The van der Waals surface area contributed by atoms with Crippen LogP contribution in [0.15, 0.2) is 72.8 Å². The summed E-state index contributed by atoms with van der Waals surface area (Å²) in [6.45, 7) is 20.4. The summed E-state index contributed by atoms with van der Waals surface area (Å²) in [5.41, 5.74) is 6.65. The molecule has 0 fully saturated rings. The van der Waals surface area contributed by atoms with Gasteiger partial charge in [-0.1, -0.05) is 156 Å². The van der Waals surface area contributed by atoms with Crippen molar-refractivity contribution in [2.75, 3.05) is 40.6 Å². The van der Waals surface area contributed by atoms with Crippen LogP contribution >= 0.6 is 11.7 Å². The highest BCUT2D eigenvalue weighted by Crippen LogP contribution is 2.46. The smallest absolute Gasteiger partial charge is 0.161 e. The number of hydrogen-bond acceptors (Lipinski definition) is 11. The molecule has 2 aromatic heterocycles. The third-order valence-corrected chi connectivity index (χ3v) is 16.7. The number of ether oxygens (including phenoxy) is 6. The van der Waals surface area contributed by atoms with Crippen LogP contribution in [0.4, 0.5) is 0 Å². The molecule has 8 aromatic rings. The highest BCUT2D eigenvalue weighted by atomic mass is 32.1. The number of benzene rings is 6. The number of fused-ring (bicyclic) bond motifs is 8. The SMILES string of the molecule is CCCCC(CC)COc1cc2c3cc(OCC(CC)CCCC)c(OCC(CC)CCCC)cc3c3nc4c(C#Cc5ccc(OC)cc5)c5nsnc5c(C#Cc5ccc(OC)cc5)c4nc3c2cc1OCC(CC)CCCC. The van der Waals surface area contributed by atoms with Crippen LogP contribution in [0.5, 0.6) is 34.5 Å². The molecule has 0 spiro atoms. The number of hydrogen-bond donors (Lipinski definition) is 0. The molecule has 0 amide bonds. The maximum atomic E-state index is 7.03. The summed E-state index contributed by atoms with van der Waals surface area (Å²) in [7, 11) is 3.33. The van der Waals surface area contributed by atoms with Gasteiger partial charge in [0.15, 0.2) is 23.0 Å². The van der Waals surface area contributed by atoms with Crippen molar-refractivity contribution in [3.63, 3.8) is 0 Å². The van der Waals surface area contributed by atoms with Crippen LogP contribution in [0.3, 0.4) is 0 Å². The molecule has 0 radical (unpaired) electrons. The van der Waals surface area contributed by atoms with Crippen LogP contribution in [-0.2, 0) is 0 Å². The summed E-state index contributed by atoms with van der Waals surface area (Å²) in [6, 6.07) is 24.2. The van der Waals surface area contributed by atoms with E-state index in [1.54, 1.807) is 14.2 Å². The van der Waals surface area contributed by atoms with E-state index in [-0.39, 0.29) is 0 Å². The molecule has 2 heterocycles. The predicted octanol–water partition coefficient (Wildman–Crippen LogP) is 18.3. The summed E-state index contributed by atoms with van der Waals surface area (Å²) >= 11 is 1.13. The lowest BCUT2D eigenvalue weighted by molar-refractivity contribution is 0.199. The first-order valence-electron chi connectivity index (χ1n) is 30.4. The Labute approximate surface area is 486 Å². The summed E-state index contributed by atoms with van der Waals surface area (Å²) in [6.07, 6.45) is 17.7. The number of nitrogens with zero attached hydrogens (tertiary/aromatic N) is 4. The molecule has 0 aliphatic heterocycles. The normalized spacial score (nSPS) is 12.9. The summed E-state index contributed by atoms with van der Waals surface area (Å²) in [5.74, 6) is 19.9. The van der Waals surface area contributed by atoms with E-state index in [4.69, 9.17) is 47.1 Å². The first-order valence-corrected chi connectivity index (χ1v) is 31.1. The van der Waals surface area contributed by atoms with Crippen molar-refractivity contribution in [2.24, 2.45) is 23.7 Å². The van der Waals surface area contributed by atoms with E-state index in [1.807, 2.05) is 48.5 Å². The topological polar surface area (TPSA) is 107 Å². The molecular formula is C70H86N4O6S. The molecule has 0 aliphatic rings. The van der Waals surface area contributed by atoms with Crippen LogP contribution in [0.1, 0.15) is 180 Å². The lowest BCUT2D eigenvalue weighted by Gasteiger charge is -2.23. The average molecular weight is 1110 g/mol. The van der Waals surface area contributed by atoms with Crippen LogP contribution in [0.25, 0.3) is 54.6 Å². The first kappa shape index (κ1) is 60.3. The minimum Gasteiger partial charge on any atom is -0.497 e. The predicted molar refractivity (Wildman–Crippen MR) is 336 cm³/mol. The maximum Gasteiger partial charge on any atom is 0.161 e. The summed E-state index contributed by atoms with van der Waals surface area (Å²) in [5, 5.41) is 3.67. The zero-order valence-electron chi connectivity index (χ0n) is 50.0. The molecule has 81 heavy (non-hydrogen) atoms. The Hall–Kier alpha value is -6.82. The molecule has 428 valence electrons. The van der Waals surface area contributed by atoms with E-state index in [9.17, 15) is 0 Å². The van der Waals surface area contributed by atoms with Gasteiger partial charge in [-0.05, 0) is 133 Å². The quantitative estimate of drug-likeness (QED) is 0.0245. The Morgan fingerprint density at radius 1 is 0.383 bits per heavy atom.